The number of thioether (sulfide) groups is 1. The predicted octanol–water partition coefficient (Wildman–Crippen LogP) is 1.04. The molecule has 0 radical (unpaired) electrons. The zero-order valence-corrected chi connectivity index (χ0v) is 12.3. The number of nitrogens with zero attached hydrogens (tertiary/aromatic N) is 6. The molecule has 0 bridgehead atoms. The van der Waals surface area contributed by atoms with Crippen molar-refractivity contribution < 1.29 is 0 Å². The summed E-state index contributed by atoms with van der Waals surface area (Å²) in [5.41, 5.74) is 0. The topological polar surface area (TPSA) is 71.8 Å². The summed E-state index contributed by atoms with van der Waals surface area (Å²) in [5.74, 6) is 2.90. The second-order valence-corrected chi connectivity index (χ2v) is 6.13. The van der Waals surface area contributed by atoms with E-state index in [-0.39, 0.29) is 0 Å². The van der Waals surface area contributed by atoms with Gasteiger partial charge in [-0.3, -0.25) is 0 Å². The van der Waals surface area contributed by atoms with Crippen LogP contribution in [-0.4, -0.2) is 55.9 Å². The van der Waals surface area contributed by atoms with E-state index in [9.17, 15) is 0 Å². The summed E-state index contributed by atoms with van der Waals surface area (Å²) in [6.07, 6.45) is 3.54. The van der Waals surface area contributed by atoms with Gasteiger partial charge in [-0.05, 0) is 6.07 Å². The van der Waals surface area contributed by atoms with Gasteiger partial charge in [0, 0.05) is 43.5 Å². The van der Waals surface area contributed by atoms with Crippen molar-refractivity contribution in [3.05, 3.63) is 18.5 Å². The van der Waals surface area contributed by atoms with E-state index in [0.717, 1.165) is 18.8 Å². The van der Waals surface area contributed by atoms with Crippen LogP contribution < -0.4 is 10.2 Å². The Morgan fingerprint density at radius 2 is 2.15 bits per heavy atom. The van der Waals surface area contributed by atoms with Crippen LogP contribution in [0.15, 0.2) is 18.5 Å². The second kappa shape index (κ2) is 5.66. The van der Waals surface area contributed by atoms with Crippen molar-refractivity contribution in [1.82, 2.24) is 24.7 Å². The maximum atomic E-state index is 4.54. The summed E-state index contributed by atoms with van der Waals surface area (Å²) in [4.78, 5) is 15.5. The fourth-order valence-electron chi connectivity index (χ4n) is 2.10. The number of nitrogens with one attached hydrogen (secondary N) is 1. The van der Waals surface area contributed by atoms with Gasteiger partial charge in [-0.1, -0.05) is 6.92 Å². The molecule has 1 aliphatic heterocycles. The van der Waals surface area contributed by atoms with Crippen molar-refractivity contribution in [2.75, 3.05) is 36.1 Å². The van der Waals surface area contributed by atoms with Crippen molar-refractivity contribution in [1.29, 1.82) is 0 Å². The van der Waals surface area contributed by atoms with Crippen molar-refractivity contribution in [3.63, 3.8) is 0 Å². The van der Waals surface area contributed by atoms with Crippen LogP contribution in [-0.2, 0) is 0 Å². The first-order chi connectivity index (χ1) is 9.76. The normalized spacial score (nSPS) is 19.1. The summed E-state index contributed by atoms with van der Waals surface area (Å²) < 4.78 is 1.65. The van der Waals surface area contributed by atoms with E-state index in [1.54, 1.807) is 17.9 Å². The lowest BCUT2D eigenvalue weighted by Crippen LogP contribution is -2.38. The third-order valence-corrected chi connectivity index (χ3v) is 4.21. The molecule has 1 fully saturated rings. The Labute approximate surface area is 121 Å². The molecule has 2 aromatic rings. The van der Waals surface area contributed by atoms with E-state index in [1.165, 1.54) is 0 Å². The molecule has 1 saturated heterocycles. The Balaban J connectivity index is 1.96. The highest BCUT2D eigenvalue weighted by molar-refractivity contribution is 8.00. The van der Waals surface area contributed by atoms with Gasteiger partial charge in [-0.25, -0.2) is 4.68 Å². The zero-order valence-electron chi connectivity index (χ0n) is 11.5. The smallest absolute Gasteiger partial charge is 0.257 e. The first-order valence-corrected chi connectivity index (χ1v) is 7.61. The van der Waals surface area contributed by atoms with Gasteiger partial charge in [-0.15, -0.1) is 0 Å². The summed E-state index contributed by atoms with van der Waals surface area (Å²) in [5, 5.41) is 7.75. The van der Waals surface area contributed by atoms with E-state index in [4.69, 9.17) is 0 Å². The van der Waals surface area contributed by atoms with Crippen LogP contribution in [0.5, 0.6) is 0 Å². The van der Waals surface area contributed by atoms with Crippen LogP contribution in [0, 0.1) is 0 Å². The van der Waals surface area contributed by atoms with Crippen molar-refractivity contribution in [2.45, 2.75) is 12.2 Å². The van der Waals surface area contributed by atoms with Crippen molar-refractivity contribution >= 4 is 23.7 Å². The van der Waals surface area contributed by atoms with Crippen LogP contribution in [0.4, 0.5) is 11.9 Å². The van der Waals surface area contributed by atoms with E-state index in [0.29, 0.717) is 23.1 Å². The molecule has 106 valence electrons. The van der Waals surface area contributed by atoms with Crippen LogP contribution in [0.25, 0.3) is 5.95 Å². The monoisotopic (exact) mass is 291 g/mol. The van der Waals surface area contributed by atoms with Gasteiger partial charge in [0.15, 0.2) is 0 Å². The average Bonchev–Trinajstić information content (AvgIpc) is 3.01. The summed E-state index contributed by atoms with van der Waals surface area (Å²) in [6.45, 7) is 4.14. The molecule has 20 heavy (non-hydrogen) atoms. The molecule has 1 atom stereocenters. The molecule has 3 rings (SSSR count). The highest BCUT2D eigenvalue weighted by atomic mass is 32.2. The molecule has 0 spiro atoms. The number of aromatic nitrogens is 5. The van der Waals surface area contributed by atoms with Crippen molar-refractivity contribution in [3.8, 4) is 5.95 Å². The molecule has 0 aromatic carbocycles. The molecule has 1 unspecified atom stereocenters. The first-order valence-electron chi connectivity index (χ1n) is 6.56. The molecule has 7 nitrogen and oxygen atoms in total. The predicted molar refractivity (Wildman–Crippen MR) is 80.6 cm³/mol. The van der Waals surface area contributed by atoms with E-state index < -0.39 is 0 Å². The van der Waals surface area contributed by atoms with E-state index in [1.807, 2.05) is 24.0 Å². The zero-order chi connectivity index (χ0) is 13.9. The van der Waals surface area contributed by atoms with Crippen LogP contribution >= 0.6 is 11.8 Å². The standard InChI is InChI=1S/C12H17N7S/c1-9-8-18(6-7-20-9)11-15-10(13-2)16-12(17-11)19-5-3-4-14-19/h3-5,9H,6-8H2,1-2H3,(H,13,15,16,17). The minimum Gasteiger partial charge on any atom is -0.357 e. The maximum absolute atomic E-state index is 4.54. The average molecular weight is 291 g/mol. The first kappa shape index (κ1) is 13.2. The third kappa shape index (κ3) is 2.69. The Kier molecular flexibility index (Phi) is 3.72. The summed E-state index contributed by atoms with van der Waals surface area (Å²) >= 11 is 1.98. The molecule has 0 amide bonds. The molecule has 1 N–H and O–H groups in total. The number of rotatable bonds is 3. The Hall–Kier alpha value is -1.83. The maximum Gasteiger partial charge on any atom is 0.257 e. The minimum absolute atomic E-state index is 0.537. The van der Waals surface area contributed by atoms with Gasteiger partial charge >= 0.3 is 0 Å². The molecule has 8 heteroatoms. The van der Waals surface area contributed by atoms with Crippen LogP contribution in [0.1, 0.15) is 6.92 Å². The van der Waals surface area contributed by atoms with Crippen LogP contribution in [0.2, 0.25) is 0 Å². The number of hydrogen-bond acceptors (Lipinski definition) is 7. The minimum atomic E-state index is 0.537. The molecule has 0 aliphatic carbocycles. The third-order valence-electron chi connectivity index (χ3n) is 3.07. The lowest BCUT2D eigenvalue weighted by atomic mass is 10.4. The highest BCUT2D eigenvalue weighted by Crippen LogP contribution is 2.22. The number of hydrogen-bond donors (Lipinski definition) is 1. The fourth-order valence-corrected chi connectivity index (χ4v) is 3.11. The lowest BCUT2D eigenvalue weighted by Gasteiger charge is -2.30. The Bertz CT molecular complexity index is 571. The second-order valence-electron chi connectivity index (χ2n) is 4.59. The molecular weight excluding hydrogens is 274 g/mol. The Morgan fingerprint density at radius 1 is 1.30 bits per heavy atom. The van der Waals surface area contributed by atoms with Gasteiger partial charge in [-0.2, -0.15) is 31.8 Å². The highest BCUT2D eigenvalue weighted by Gasteiger charge is 2.20. The summed E-state index contributed by atoms with van der Waals surface area (Å²) in [7, 11) is 1.81. The fraction of sp³-hybridized carbons (Fsp3) is 0.500. The van der Waals surface area contributed by atoms with Gasteiger partial charge in [0.05, 0.1) is 0 Å². The van der Waals surface area contributed by atoms with Gasteiger partial charge < -0.3 is 10.2 Å². The molecule has 0 saturated carbocycles. The molecule has 1 aliphatic rings. The summed E-state index contributed by atoms with van der Waals surface area (Å²) in [6, 6.07) is 1.85. The molecule has 3 heterocycles. The van der Waals surface area contributed by atoms with Gasteiger partial charge in [0.1, 0.15) is 0 Å². The SMILES string of the molecule is CNc1nc(N2CCSC(C)C2)nc(-n2cccn2)n1. The largest absolute Gasteiger partial charge is 0.357 e. The van der Waals surface area contributed by atoms with E-state index >= 15 is 0 Å². The van der Waals surface area contributed by atoms with E-state index in [2.05, 4.69) is 37.2 Å². The molecule has 2 aromatic heterocycles. The molecular formula is C12H17N7S. The lowest BCUT2D eigenvalue weighted by molar-refractivity contribution is 0.731. The number of anilines is 2. The Morgan fingerprint density at radius 3 is 2.85 bits per heavy atom. The van der Waals surface area contributed by atoms with Crippen molar-refractivity contribution in [2.24, 2.45) is 0 Å². The van der Waals surface area contributed by atoms with Gasteiger partial charge in [0.25, 0.3) is 5.95 Å². The quantitative estimate of drug-likeness (QED) is 0.906. The van der Waals surface area contributed by atoms with Gasteiger partial charge in [0.2, 0.25) is 11.9 Å². The van der Waals surface area contributed by atoms with Crippen LogP contribution in [0.3, 0.4) is 0 Å².